The first-order valence-electron chi connectivity index (χ1n) is 10.9. The van der Waals surface area contributed by atoms with Gasteiger partial charge in [0.05, 0.1) is 10.9 Å². The molecule has 0 radical (unpaired) electrons. The summed E-state index contributed by atoms with van der Waals surface area (Å²) in [4.78, 5) is 44.3. The van der Waals surface area contributed by atoms with Crippen molar-refractivity contribution in [1.29, 1.82) is 0 Å². The van der Waals surface area contributed by atoms with Crippen molar-refractivity contribution in [2.24, 2.45) is 5.73 Å². The maximum Gasteiger partial charge on any atom is 0.268 e. The van der Waals surface area contributed by atoms with E-state index in [0.717, 1.165) is 16.5 Å². The van der Waals surface area contributed by atoms with Crippen molar-refractivity contribution in [2.75, 3.05) is 11.4 Å². The fourth-order valence-corrected chi connectivity index (χ4v) is 5.82. The third-order valence-electron chi connectivity index (χ3n) is 5.80. The molecule has 3 aromatic carbocycles. The molecule has 0 unspecified atom stereocenters. The Balaban J connectivity index is 1.58. The first-order valence-corrected chi connectivity index (χ1v) is 12.2. The highest BCUT2D eigenvalue weighted by Gasteiger charge is 2.40. The molecule has 2 heterocycles. The van der Waals surface area contributed by atoms with Gasteiger partial charge in [0, 0.05) is 20.8 Å². The molecule has 176 valence electrons. The molecule has 7 nitrogen and oxygen atoms in total. The van der Waals surface area contributed by atoms with Gasteiger partial charge in [-0.3, -0.25) is 14.4 Å². The van der Waals surface area contributed by atoms with Crippen molar-refractivity contribution in [3.8, 4) is 0 Å². The lowest BCUT2D eigenvalue weighted by Crippen LogP contribution is -2.52. The molecule has 0 aliphatic carbocycles. The number of fused-ring (bicyclic) bond motifs is 2. The monoisotopic (exact) mass is 504 g/mol. The second-order valence-electron chi connectivity index (χ2n) is 8.17. The molecule has 5 rings (SSSR count). The van der Waals surface area contributed by atoms with E-state index >= 15 is 0 Å². The second-order valence-corrected chi connectivity index (χ2v) is 9.79. The summed E-state index contributed by atoms with van der Waals surface area (Å²) >= 11 is 7.68. The van der Waals surface area contributed by atoms with Crippen LogP contribution in [0.5, 0.6) is 0 Å². The molecule has 0 bridgehead atoms. The number of hydrogen-bond donors (Lipinski definition) is 3. The number of carbonyl (C=O) groups is 3. The van der Waals surface area contributed by atoms with E-state index < -0.39 is 29.0 Å². The molecule has 1 aromatic heterocycles. The van der Waals surface area contributed by atoms with Gasteiger partial charge in [0.1, 0.15) is 18.3 Å². The van der Waals surface area contributed by atoms with Crippen molar-refractivity contribution in [3.05, 3.63) is 95.1 Å². The third kappa shape index (κ3) is 4.62. The molecule has 4 N–H and O–H groups in total. The van der Waals surface area contributed by atoms with Gasteiger partial charge in [0.25, 0.3) is 11.8 Å². The van der Waals surface area contributed by atoms with Crippen LogP contribution in [-0.2, 0) is 9.59 Å². The Morgan fingerprint density at radius 3 is 2.51 bits per heavy atom. The van der Waals surface area contributed by atoms with Gasteiger partial charge < -0.3 is 20.9 Å². The number of aromatic nitrogens is 1. The SMILES string of the molecule is NC(=O)CN1C(=O)[C@H](NC(=O)c2cc3ccccc3[nH]2)[C@H](c2ccccc2)Sc2cc(Cl)ccc21. The number of anilines is 1. The zero-order chi connectivity index (χ0) is 24.5. The summed E-state index contributed by atoms with van der Waals surface area (Å²) < 4.78 is 0. The second kappa shape index (κ2) is 9.48. The average Bonchev–Trinajstić information content (AvgIpc) is 3.25. The van der Waals surface area contributed by atoms with E-state index in [1.807, 2.05) is 54.6 Å². The van der Waals surface area contributed by atoms with E-state index in [0.29, 0.717) is 21.3 Å². The lowest BCUT2D eigenvalue weighted by molar-refractivity contribution is -0.123. The van der Waals surface area contributed by atoms with Crippen molar-refractivity contribution in [1.82, 2.24) is 10.3 Å². The first-order chi connectivity index (χ1) is 16.9. The Labute approximate surface area is 210 Å². The smallest absolute Gasteiger partial charge is 0.268 e. The van der Waals surface area contributed by atoms with E-state index in [1.54, 1.807) is 24.3 Å². The van der Waals surface area contributed by atoms with Crippen LogP contribution in [0.15, 0.2) is 83.8 Å². The number of primary amides is 1. The predicted molar refractivity (Wildman–Crippen MR) is 138 cm³/mol. The van der Waals surface area contributed by atoms with Crippen LogP contribution in [0.3, 0.4) is 0 Å². The van der Waals surface area contributed by atoms with Crippen LogP contribution in [0, 0.1) is 0 Å². The third-order valence-corrected chi connectivity index (χ3v) is 7.42. The molecule has 2 atom stereocenters. The fourth-order valence-electron chi connectivity index (χ4n) is 4.20. The number of nitrogens with one attached hydrogen (secondary N) is 2. The minimum atomic E-state index is -0.980. The Bertz CT molecular complexity index is 1410. The minimum absolute atomic E-state index is 0.325. The fraction of sp³-hybridized carbons (Fsp3) is 0.115. The highest BCUT2D eigenvalue weighted by Crippen LogP contribution is 2.46. The number of nitrogens with two attached hydrogens (primary N) is 1. The summed E-state index contributed by atoms with van der Waals surface area (Å²) in [5.74, 6) is -1.53. The Kier molecular flexibility index (Phi) is 6.23. The number of H-pyrrole nitrogens is 1. The normalized spacial score (nSPS) is 17.6. The number of aromatic amines is 1. The van der Waals surface area contributed by atoms with Gasteiger partial charge in [0.15, 0.2) is 0 Å². The van der Waals surface area contributed by atoms with E-state index in [1.165, 1.54) is 16.7 Å². The van der Waals surface area contributed by atoms with Crippen molar-refractivity contribution >= 4 is 57.7 Å². The summed E-state index contributed by atoms with van der Waals surface area (Å²) in [6.07, 6.45) is 0. The molecule has 9 heteroatoms. The summed E-state index contributed by atoms with van der Waals surface area (Å²) in [7, 11) is 0. The molecular formula is C26H21ClN4O3S. The number of hydrogen-bond acceptors (Lipinski definition) is 4. The van der Waals surface area contributed by atoms with Gasteiger partial charge in [-0.1, -0.05) is 60.1 Å². The van der Waals surface area contributed by atoms with Crippen molar-refractivity contribution in [3.63, 3.8) is 0 Å². The lowest BCUT2D eigenvalue weighted by atomic mass is 10.0. The van der Waals surface area contributed by atoms with Crippen LogP contribution in [-0.4, -0.2) is 35.3 Å². The van der Waals surface area contributed by atoms with Crippen LogP contribution < -0.4 is 16.0 Å². The van der Waals surface area contributed by atoms with E-state index in [9.17, 15) is 14.4 Å². The Morgan fingerprint density at radius 1 is 1.03 bits per heavy atom. The van der Waals surface area contributed by atoms with Gasteiger partial charge in [-0.2, -0.15) is 0 Å². The first kappa shape index (κ1) is 23.0. The van der Waals surface area contributed by atoms with Gasteiger partial charge in [-0.05, 0) is 35.9 Å². The highest BCUT2D eigenvalue weighted by molar-refractivity contribution is 7.99. The van der Waals surface area contributed by atoms with E-state index in [2.05, 4.69) is 10.3 Å². The number of rotatable bonds is 5. The molecular weight excluding hydrogens is 484 g/mol. The molecule has 0 fully saturated rings. The number of halogens is 1. The van der Waals surface area contributed by atoms with Gasteiger partial charge in [0.2, 0.25) is 5.91 Å². The molecule has 1 aliphatic rings. The topological polar surface area (TPSA) is 108 Å². The molecule has 0 saturated heterocycles. The predicted octanol–water partition coefficient (Wildman–Crippen LogP) is 4.29. The summed E-state index contributed by atoms with van der Waals surface area (Å²) in [5, 5.41) is 3.82. The molecule has 1 aliphatic heterocycles. The molecule has 4 aromatic rings. The standard InChI is InChI=1S/C26H21ClN4O3S/c27-17-10-11-20-21(13-17)35-24(15-6-2-1-3-7-15)23(26(34)31(20)14-22(28)32)30-25(33)19-12-16-8-4-5-9-18(16)29-19/h1-13,23-24,29H,14H2,(H2,28,32)(H,30,33)/t23-,24+/m1/s1. The van der Waals surface area contributed by atoms with E-state index in [4.69, 9.17) is 17.3 Å². The van der Waals surface area contributed by atoms with Crippen LogP contribution in [0.25, 0.3) is 10.9 Å². The number of carbonyl (C=O) groups excluding carboxylic acids is 3. The van der Waals surface area contributed by atoms with Crippen LogP contribution in [0.4, 0.5) is 5.69 Å². The lowest BCUT2D eigenvalue weighted by Gasteiger charge is -2.28. The van der Waals surface area contributed by atoms with Gasteiger partial charge in [-0.15, -0.1) is 11.8 Å². The average molecular weight is 505 g/mol. The molecule has 0 spiro atoms. The molecule has 3 amide bonds. The molecule has 0 saturated carbocycles. The summed E-state index contributed by atoms with van der Waals surface area (Å²) in [6, 6.07) is 22.8. The van der Waals surface area contributed by atoms with Crippen molar-refractivity contribution in [2.45, 2.75) is 16.2 Å². The summed E-state index contributed by atoms with van der Waals surface area (Å²) in [6.45, 7) is -0.325. The number of para-hydroxylation sites is 1. The quantitative estimate of drug-likeness (QED) is 0.377. The Morgan fingerprint density at radius 2 is 1.77 bits per heavy atom. The zero-order valence-electron chi connectivity index (χ0n) is 18.4. The van der Waals surface area contributed by atoms with Crippen LogP contribution in [0.2, 0.25) is 5.02 Å². The maximum absolute atomic E-state index is 13.9. The highest BCUT2D eigenvalue weighted by atomic mass is 35.5. The number of nitrogens with zero attached hydrogens (tertiary/aromatic N) is 1. The van der Waals surface area contributed by atoms with Crippen LogP contribution in [0.1, 0.15) is 21.3 Å². The maximum atomic E-state index is 13.9. The minimum Gasteiger partial charge on any atom is -0.368 e. The van der Waals surface area contributed by atoms with Gasteiger partial charge >= 0.3 is 0 Å². The Hall–Kier alpha value is -3.75. The largest absolute Gasteiger partial charge is 0.368 e. The van der Waals surface area contributed by atoms with E-state index in [-0.39, 0.29) is 6.54 Å². The van der Waals surface area contributed by atoms with Gasteiger partial charge in [-0.25, -0.2) is 0 Å². The zero-order valence-corrected chi connectivity index (χ0v) is 20.0. The van der Waals surface area contributed by atoms with Crippen molar-refractivity contribution < 1.29 is 14.4 Å². The number of amides is 3. The molecule has 35 heavy (non-hydrogen) atoms. The number of benzene rings is 3. The number of thioether (sulfide) groups is 1. The summed E-state index contributed by atoms with van der Waals surface area (Å²) in [5.41, 5.74) is 8.01. The van der Waals surface area contributed by atoms with Crippen LogP contribution >= 0.6 is 23.4 Å².